The van der Waals surface area contributed by atoms with E-state index in [1.807, 2.05) is 30.3 Å². The van der Waals surface area contributed by atoms with Gasteiger partial charge in [0.2, 0.25) is 0 Å². The van der Waals surface area contributed by atoms with Gasteiger partial charge in [0.1, 0.15) is 5.76 Å². The molecule has 19 heavy (non-hydrogen) atoms. The molecule has 4 heteroatoms. The summed E-state index contributed by atoms with van der Waals surface area (Å²) in [6, 6.07) is 11.4. The Balaban J connectivity index is 2.22. The molecule has 2 aliphatic rings. The molecule has 96 valence electrons. The molecular weight excluding hydrogens is 281 g/mol. The molecule has 0 radical (unpaired) electrons. The SMILES string of the molecule is NCc1cc2occc(-c3cc(Cl)cc(Cl)c3)c-2c1. The third-order valence-corrected chi connectivity index (χ3v) is 3.48. The highest BCUT2D eigenvalue weighted by atomic mass is 35.5. The molecular formula is C15H11Cl2NO. The van der Waals surface area contributed by atoms with E-state index in [2.05, 4.69) is 0 Å². The van der Waals surface area contributed by atoms with E-state index in [0.29, 0.717) is 16.6 Å². The quantitative estimate of drug-likeness (QED) is 0.735. The van der Waals surface area contributed by atoms with Crippen LogP contribution in [0.1, 0.15) is 5.56 Å². The van der Waals surface area contributed by atoms with Crippen molar-refractivity contribution in [2.75, 3.05) is 0 Å². The van der Waals surface area contributed by atoms with Gasteiger partial charge in [-0.3, -0.25) is 0 Å². The van der Waals surface area contributed by atoms with Gasteiger partial charge in [0.25, 0.3) is 0 Å². The van der Waals surface area contributed by atoms with E-state index in [-0.39, 0.29) is 0 Å². The zero-order valence-corrected chi connectivity index (χ0v) is 11.5. The molecule has 1 aliphatic heterocycles. The lowest BCUT2D eigenvalue weighted by Crippen LogP contribution is -1.92. The third-order valence-electron chi connectivity index (χ3n) is 3.04. The molecule has 2 N–H and O–H groups in total. The Morgan fingerprint density at radius 1 is 0.947 bits per heavy atom. The maximum atomic E-state index is 6.06. The number of rotatable bonds is 2. The maximum Gasteiger partial charge on any atom is 0.134 e. The average Bonchev–Trinajstić information content (AvgIpc) is 2.80. The molecule has 0 atom stereocenters. The van der Waals surface area contributed by atoms with Gasteiger partial charge in [-0.25, -0.2) is 0 Å². The summed E-state index contributed by atoms with van der Waals surface area (Å²) in [7, 11) is 0. The predicted octanol–water partition coefficient (Wildman–Crippen LogP) is 4.82. The second-order valence-corrected chi connectivity index (χ2v) is 5.21. The van der Waals surface area contributed by atoms with Crippen molar-refractivity contribution in [1.29, 1.82) is 0 Å². The molecule has 1 heterocycles. The van der Waals surface area contributed by atoms with Crippen LogP contribution in [0.5, 0.6) is 0 Å². The highest BCUT2D eigenvalue weighted by Crippen LogP contribution is 2.37. The van der Waals surface area contributed by atoms with Crippen LogP contribution in [0, 0.1) is 0 Å². The van der Waals surface area contributed by atoms with Crippen LogP contribution in [-0.2, 0) is 6.54 Å². The van der Waals surface area contributed by atoms with Crippen LogP contribution in [0.2, 0.25) is 10.0 Å². The van der Waals surface area contributed by atoms with E-state index in [1.54, 1.807) is 12.3 Å². The van der Waals surface area contributed by atoms with Gasteiger partial charge >= 0.3 is 0 Å². The van der Waals surface area contributed by atoms with E-state index in [0.717, 1.165) is 28.0 Å². The van der Waals surface area contributed by atoms with Crippen molar-refractivity contribution in [1.82, 2.24) is 0 Å². The second-order valence-electron chi connectivity index (χ2n) is 4.34. The minimum absolute atomic E-state index is 0.486. The number of nitrogens with two attached hydrogens (primary N) is 1. The topological polar surface area (TPSA) is 39.2 Å². The summed E-state index contributed by atoms with van der Waals surface area (Å²) < 4.78 is 5.50. The van der Waals surface area contributed by atoms with Gasteiger partial charge in [0.15, 0.2) is 0 Å². The fraction of sp³-hybridized carbons (Fsp3) is 0.0667. The van der Waals surface area contributed by atoms with Crippen molar-refractivity contribution in [3.05, 3.63) is 58.3 Å². The molecule has 3 rings (SSSR count). The van der Waals surface area contributed by atoms with Crippen LogP contribution in [0.3, 0.4) is 0 Å². The normalized spacial score (nSPS) is 11.1. The van der Waals surface area contributed by atoms with Crippen LogP contribution in [0.25, 0.3) is 22.5 Å². The molecule has 1 aliphatic carbocycles. The maximum absolute atomic E-state index is 6.06. The lowest BCUT2D eigenvalue weighted by molar-refractivity contribution is 0.567. The summed E-state index contributed by atoms with van der Waals surface area (Å²) in [6.07, 6.45) is 1.66. The number of hydrogen-bond donors (Lipinski definition) is 1. The second kappa shape index (κ2) is 4.89. The lowest BCUT2D eigenvalue weighted by atomic mass is 10.0. The van der Waals surface area contributed by atoms with Crippen LogP contribution >= 0.6 is 23.2 Å². The first-order valence-corrected chi connectivity index (χ1v) is 6.59. The van der Waals surface area contributed by atoms with Crippen molar-refractivity contribution < 1.29 is 4.42 Å². The first-order chi connectivity index (χ1) is 9.17. The van der Waals surface area contributed by atoms with Crippen molar-refractivity contribution >= 4 is 23.2 Å². The van der Waals surface area contributed by atoms with Crippen molar-refractivity contribution in [3.8, 4) is 22.5 Å². The summed E-state index contributed by atoms with van der Waals surface area (Å²) in [6.45, 7) is 0.486. The van der Waals surface area contributed by atoms with E-state index in [9.17, 15) is 0 Å². The van der Waals surface area contributed by atoms with Crippen LogP contribution < -0.4 is 5.73 Å². The minimum Gasteiger partial charge on any atom is -0.464 e. The van der Waals surface area contributed by atoms with E-state index in [4.69, 9.17) is 33.4 Å². The van der Waals surface area contributed by atoms with Gasteiger partial charge in [-0.2, -0.15) is 0 Å². The summed E-state index contributed by atoms with van der Waals surface area (Å²) in [5.41, 5.74) is 9.72. The molecule has 1 aromatic carbocycles. The third kappa shape index (κ3) is 2.35. The number of fused-ring (bicyclic) bond motifs is 1. The first kappa shape index (κ1) is 12.5. The zero-order chi connectivity index (χ0) is 13.4. The number of halogens is 2. The Morgan fingerprint density at radius 3 is 2.37 bits per heavy atom. The monoisotopic (exact) mass is 291 g/mol. The molecule has 0 unspecified atom stereocenters. The standard InChI is InChI=1S/C15H11Cl2NO/c16-11-5-10(6-12(17)7-11)13-1-2-19-15-4-9(8-18)3-14(13)15/h1-7H,8,18H2. The number of benzene rings is 1. The van der Waals surface area contributed by atoms with Gasteiger partial charge in [-0.15, -0.1) is 0 Å². The smallest absolute Gasteiger partial charge is 0.134 e. The van der Waals surface area contributed by atoms with Crippen LogP contribution in [0.15, 0.2) is 47.1 Å². The Bertz CT molecular complexity index is 685. The fourth-order valence-electron chi connectivity index (χ4n) is 2.20. The summed E-state index contributed by atoms with van der Waals surface area (Å²) >= 11 is 12.1. The average molecular weight is 292 g/mol. The summed E-state index contributed by atoms with van der Waals surface area (Å²) in [5, 5.41) is 1.23. The Kier molecular flexibility index (Phi) is 3.23. The van der Waals surface area contributed by atoms with Crippen LogP contribution in [-0.4, -0.2) is 0 Å². The van der Waals surface area contributed by atoms with Crippen molar-refractivity contribution in [2.24, 2.45) is 5.73 Å². The molecule has 0 bridgehead atoms. The van der Waals surface area contributed by atoms with Crippen molar-refractivity contribution in [2.45, 2.75) is 6.54 Å². The summed E-state index contributed by atoms with van der Waals surface area (Å²) in [4.78, 5) is 0. The molecule has 1 aromatic rings. The molecule has 0 amide bonds. The fourth-order valence-corrected chi connectivity index (χ4v) is 2.72. The zero-order valence-electron chi connectivity index (χ0n) is 9.99. The number of hydrogen-bond acceptors (Lipinski definition) is 2. The highest BCUT2D eigenvalue weighted by molar-refractivity contribution is 6.35. The van der Waals surface area contributed by atoms with Gasteiger partial charge in [0.05, 0.1) is 6.26 Å². The molecule has 2 nitrogen and oxygen atoms in total. The van der Waals surface area contributed by atoms with Crippen molar-refractivity contribution in [3.63, 3.8) is 0 Å². The lowest BCUT2D eigenvalue weighted by Gasteiger charge is -2.08. The van der Waals surface area contributed by atoms with E-state index in [1.165, 1.54) is 0 Å². The van der Waals surface area contributed by atoms with E-state index < -0.39 is 0 Å². The molecule has 0 saturated carbocycles. The molecule has 0 aromatic heterocycles. The van der Waals surface area contributed by atoms with Gasteiger partial charge in [0, 0.05) is 22.2 Å². The molecule has 0 fully saturated rings. The predicted molar refractivity (Wildman–Crippen MR) is 78.7 cm³/mol. The van der Waals surface area contributed by atoms with Gasteiger partial charge < -0.3 is 10.2 Å². The Labute approximate surface area is 121 Å². The van der Waals surface area contributed by atoms with Gasteiger partial charge in [-0.05, 0) is 53.1 Å². The molecule has 0 spiro atoms. The van der Waals surface area contributed by atoms with Gasteiger partial charge in [-0.1, -0.05) is 23.2 Å². The first-order valence-electron chi connectivity index (χ1n) is 5.84. The summed E-state index contributed by atoms with van der Waals surface area (Å²) in [5.74, 6) is 0.814. The minimum atomic E-state index is 0.486. The molecule has 0 saturated heterocycles. The Hall–Kier alpha value is -1.48. The largest absolute Gasteiger partial charge is 0.464 e. The van der Waals surface area contributed by atoms with E-state index >= 15 is 0 Å². The van der Waals surface area contributed by atoms with Crippen LogP contribution in [0.4, 0.5) is 0 Å². The Morgan fingerprint density at radius 2 is 1.68 bits per heavy atom. The highest BCUT2D eigenvalue weighted by Gasteiger charge is 2.14.